The van der Waals surface area contributed by atoms with E-state index in [2.05, 4.69) is 28.2 Å². The van der Waals surface area contributed by atoms with Crippen LogP contribution in [-0.2, 0) is 0 Å². The third-order valence-corrected chi connectivity index (χ3v) is 3.22. The van der Waals surface area contributed by atoms with Gasteiger partial charge in [0.05, 0.1) is 0 Å². The zero-order valence-electron chi connectivity index (χ0n) is 9.63. The summed E-state index contributed by atoms with van der Waals surface area (Å²) in [6, 6.07) is 5.02. The minimum absolute atomic E-state index is 0.0102. The van der Waals surface area contributed by atoms with Gasteiger partial charge in [-0.2, -0.15) is 0 Å². The molecule has 0 saturated carbocycles. The fourth-order valence-corrected chi connectivity index (χ4v) is 2.06. The zero-order valence-corrected chi connectivity index (χ0v) is 11.2. The SMILES string of the molecule is CNC(CC(C)CN)c1cc(Br)ccc1F. The minimum atomic E-state index is -0.174. The molecule has 1 aromatic carbocycles. The van der Waals surface area contributed by atoms with Crippen LogP contribution < -0.4 is 11.1 Å². The molecule has 2 unspecified atom stereocenters. The second-order valence-corrected chi connectivity index (χ2v) is 5.00. The fraction of sp³-hybridized carbons (Fsp3) is 0.500. The molecule has 2 nitrogen and oxygen atoms in total. The summed E-state index contributed by atoms with van der Waals surface area (Å²) < 4.78 is 14.6. The van der Waals surface area contributed by atoms with E-state index in [1.165, 1.54) is 6.07 Å². The van der Waals surface area contributed by atoms with E-state index in [0.717, 1.165) is 10.9 Å². The molecular formula is C12H18BrFN2. The van der Waals surface area contributed by atoms with Crippen LogP contribution in [0.1, 0.15) is 24.9 Å². The second-order valence-electron chi connectivity index (χ2n) is 4.08. The lowest BCUT2D eigenvalue weighted by Gasteiger charge is -2.20. The van der Waals surface area contributed by atoms with E-state index in [1.807, 2.05) is 13.1 Å². The highest BCUT2D eigenvalue weighted by atomic mass is 79.9. The number of benzene rings is 1. The summed E-state index contributed by atoms with van der Waals surface area (Å²) in [5.74, 6) is 0.197. The smallest absolute Gasteiger partial charge is 0.128 e. The zero-order chi connectivity index (χ0) is 12.1. The Kier molecular flexibility index (Phi) is 5.38. The summed E-state index contributed by atoms with van der Waals surface area (Å²) in [5.41, 5.74) is 6.28. The van der Waals surface area contributed by atoms with Gasteiger partial charge in [-0.15, -0.1) is 0 Å². The van der Waals surface area contributed by atoms with E-state index in [-0.39, 0.29) is 11.9 Å². The molecule has 0 spiro atoms. The third kappa shape index (κ3) is 3.54. The molecule has 0 fully saturated rings. The van der Waals surface area contributed by atoms with Crippen LogP contribution in [0.25, 0.3) is 0 Å². The van der Waals surface area contributed by atoms with Crippen LogP contribution in [-0.4, -0.2) is 13.6 Å². The molecule has 0 aromatic heterocycles. The second kappa shape index (κ2) is 6.33. The van der Waals surface area contributed by atoms with E-state index in [9.17, 15) is 4.39 Å². The first-order valence-electron chi connectivity index (χ1n) is 5.40. The maximum Gasteiger partial charge on any atom is 0.128 e. The van der Waals surface area contributed by atoms with Gasteiger partial charge in [0.25, 0.3) is 0 Å². The van der Waals surface area contributed by atoms with Crippen molar-refractivity contribution in [2.75, 3.05) is 13.6 Å². The average molecular weight is 289 g/mol. The first kappa shape index (κ1) is 13.6. The molecule has 2 atom stereocenters. The van der Waals surface area contributed by atoms with Gasteiger partial charge in [0.2, 0.25) is 0 Å². The third-order valence-electron chi connectivity index (χ3n) is 2.72. The van der Waals surface area contributed by atoms with E-state index >= 15 is 0 Å². The Balaban J connectivity index is 2.89. The predicted octanol–water partition coefficient (Wildman–Crippen LogP) is 2.83. The number of halogens is 2. The van der Waals surface area contributed by atoms with Crippen LogP contribution in [0.4, 0.5) is 4.39 Å². The van der Waals surface area contributed by atoms with Gasteiger partial charge >= 0.3 is 0 Å². The van der Waals surface area contributed by atoms with Crippen molar-refractivity contribution >= 4 is 15.9 Å². The minimum Gasteiger partial charge on any atom is -0.330 e. The number of rotatable bonds is 5. The van der Waals surface area contributed by atoms with E-state index < -0.39 is 0 Å². The highest BCUT2D eigenvalue weighted by molar-refractivity contribution is 9.10. The van der Waals surface area contributed by atoms with Gasteiger partial charge < -0.3 is 11.1 Å². The number of nitrogens with one attached hydrogen (secondary N) is 1. The van der Waals surface area contributed by atoms with Crippen LogP contribution in [0.2, 0.25) is 0 Å². The lowest BCUT2D eigenvalue weighted by atomic mass is 9.96. The summed E-state index contributed by atoms with van der Waals surface area (Å²) >= 11 is 3.36. The lowest BCUT2D eigenvalue weighted by Crippen LogP contribution is -2.23. The van der Waals surface area contributed by atoms with Crippen molar-refractivity contribution in [2.24, 2.45) is 11.7 Å². The van der Waals surface area contributed by atoms with Crippen LogP contribution in [0.15, 0.2) is 22.7 Å². The van der Waals surface area contributed by atoms with Crippen molar-refractivity contribution in [3.63, 3.8) is 0 Å². The maximum absolute atomic E-state index is 13.7. The molecule has 0 amide bonds. The molecular weight excluding hydrogens is 271 g/mol. The Morgan fingerprint density at radius 2 is 2.19 bits per heavy atom. The number of nitrogens with two attached hydrogens (primary N) is 1. The van der Waals surface area contributed by atoms with E-state index in [0.29, 0.717) is 18.0 Å². The number of hydrogen-bond acceptors (Lipinski definition) is 2. The standard InChI is InChI=1S/C12H18BrFN2/c1-8(7-15)5-12(16-2)10-6-9(13)3-4-11(10)14/h3-4,6,8,12,16H,5,7,15H2,1-2H3. The van der Waals surface area contributed by atoms with Gasteiger partial charge in [-0.05, 0) is 44.1 Å². The summed E-state index contributed by atoms with van der Waals surface area (Å²) in [6.45, 7) is 2.69. The predicted molar refractivity (Wildman–Crippen MR) is 68.7 cm³/mol. The van der Waals surface area contributed by atoms with Crippen molar-refractivity contribution < 1.29 is 4.39 Å². The Labute approximate surface area is 105 Å². The Morgan fingerprint density at radius 3 is 2.75 bits per heavy atom. The summed E-state index contributed by atoms with van der Waals surface area (Å²) in [7, 11) is 1.84. The van der Waals surface area contributed by atoms with Crippen molar-refractivity contribution in [3.8, 4) is 0 Å². The normalized spacial score (nSPS) is 14.8. The topological polar surface area (TPSA) is 38.0 Å². The summed E-state index contributed by atoms with van der Waals surface area (Å²) in [5, 5.41) is 3.14. The van der Waals surface area contributed by atoms with Gasteiger partial charge in [-0.25, -0.2) is 4.39 Å². The molecule has 1 rings (SSSR count). The summed E-state index contributed by atoms with van der Waals surface area (Å²) in [6.07, 6.45) is 0.834. The van der Waals surface area contributed by atoms with Crippen molar-refractivity contribution in [2.45, 2.75) is 19.4 Å². The van der Waals surface area contributed by atoms with Gasteiger partial charge in [-0.3, -0.25) is 0 Å². The summed E-state index contributed by atoms with van der Waals surface area (Å²) in [4.78, 5) is 0. The molecule has 0 bridgehead atoms. The quantitative estimate of drug-likeness (QED) is 0.874. The average Bonchev–Trinajstić information content (AvgIpc) is 2.29. The van der Waals surface area contributed by atoms with Gasteiger partial charge in [0, 0.05) is 16.1 Å². The van der Waals surface area contributed by atoms with Gasteiger partial charge in [-0.1, -0.05) is 22.9 Å². The van der Waals surface area contributed by atoms with Crippen molar-refractivity contribution in [1.82, 2.24) is 5.32 Å². The van der Waals surface area contributed by atoms with Crippen LogP contribution in [0.3, 0.4) is 0 Å². The molecule has 4 heteroatoms. The molecule has 0 heterocycles. The molecule has 0 aliphatic heterocycles. The van der Waals surface area contributed by atoms with Crippen LogP contribution in [0, 0.1) is 11.7 Å². The highest BCUT2D eigenvalue weighted by Crippen LogP contribution is 2.26. The Bertz CT molecular complexity index is 344. The first-order chi connectivity index (χ1) is 7.58. The fourth-order valence-electron chi connectivity index (χ4n) is 1.68. The Hall–Kier alpha value is -0.450. The van der Waals surface area contributed by atoms with Gasteiger partial charge in [0.1, 0.15) is 5.82 Å². The first-order valence-corrected chi connectivity index (χ1v) is 6.20. The monoisotopic (exact) mass is 288 g/mol. The molecule has 0 radical (unpaired) electrons. The molecule has 0 aliphatic carbocycles. The molecule has 0 saturated heterocycles. The molecule has 90 valence electrons. The highest BCUT2D eigenvalue weighted by Gasteiger charge is 2.16. The molecule has 16 heavy (non-hydrogen) atoms. The molecule has 3 N–H and O–H groups in total. The van der Waals surface area contributed by atoms with Crippen LogP contribution >= 0.6 is 15.9 Å². The Morgan fingerprint density at radius 1 is 1.50 bits per heavy atom. The molecule has 1 aromatic rings. The van der Waals surface area contributed by atoms with Gasteiger partial charge in [0.15, 0.2) is 0 Å². The van der Waals surface area contributed by atoms with E-state index in [1.54, 1.807) is 6.07 Å². The largest absolute Gasteiger partial charge is 0.330 e. The number of hydrogen-bond donors (Lipinski definition) is 2. The lowest BCUT2D eigenvalue weighted by molar-refractivity contribution is 0.424. The van der Waals surface area contributed by atoms with E-state index in [4.69, 9.17) is 5.73 Å². The maximum atomic E-state index is 13.7. The van der Waals surface area contributed by atoms with Crippen molar-refractivity contribution in [3.05, 3.63) is 34.1 Å². The van der Waals surface area contributed by atoms with Crippen molar-refractivity contribution in [1.29, 1.82) is 0 Å². The van der Waals surface area contributed by atoms with Crippen LogP contribution in [0.5, 0.6) is 0 Å². The molecule has 0 aliphatic rings.